The number of nitrogen functional groups attached to an aromatic ring is 1. The number of rotatable bonds is 11. The van der Waals surface area contributed by atoms with Gasteiger partial charge in [-0.3, -0.25) is 10.1 Å². The molecule has 0 aromatic heterocycles. The van der Waals surface area contributed by atoms with Gasteiger partial charge in [-0.2, -0.15) is 0 Å². The lowest BCUT2D eigenvalue weighted by molar-refractivity contribution is -0.111. The van der Waals surface area contributed by atoms with Crippen molar-refractivity contribution >= 4 is 29.1 Å². The molecule has 37 heavy (non-hydrogen) atoms. The number of ether oxygens (including phenoxy) is 2. The summed E-state index contributed by atoms with van der Waals surface area (Å²) in [5, 5.41) is 15.0. The van der Waals surface area contributed by atoms with Crippen molar-refractivity contribution in [2.75, 3.05) is 23.0 Å². The summed E-state index contributed by atoms with van der Waals surface area (Å²) in [4.78, 5) is 24.9. The molecule has 0 radical (unpaired) electrons. The number of phenols is 1. The normalized spacial score (nSPS) is 12.6. The van der Waals surface area contributed by atoms with Crippen LogP contribution in [0.2, 0.25) is 0 Å². The molecule has 3 aromatic rings. The highest BCUT2D eigenvalue weighted by Crippen LogP contribution is 2.30. The van der Waals surface area contributed by atoms with Crippen molar-refractivity contribution in [1.29, 1.82) is 0 Å². The molecule has 3 rings (SSSR count). The number of aromatic hydroxyl groups is 1. The number of carbonyl (C=O) groups is 2. The molecule has 0 bridgehead atoms. The van der Waals surface area contributed by atoms with Gasteiger partial charge in [0.2, 0.25) is 5.91 Å². The van der Waals surface area contributed by atoms with Crippen molar-refractivity contribution in [3.8, 4) is 5.75 Å². The zero-order chi connectivity index (χ0) is 26.6. The van der Waals surface area contributed by atoms with Gasteiger partial charge in [-0.25, -0.2) is 9.18 Å². The topological polar surface area (TPSA) is 123 Å². The Kier molecular flexibility index (Phi) is 10.0. The van der Waals surface area contributed by atoms with Crippen LogP contribution < -0.4 is 16.4 Å². The largest absolute Gasteiger partial charge is 0.505 e. The summed E-state index contributed by atoms with van der Waals surface area (Å²) in [6.45, 7) is 2.10. The fourth-order valence-electron chi connectivity index (χ4n) is 3.62. The van der Waals surface area contributed by atoms with Crippen LogP contribution >= 0.6 is 0 Å². The molecule has 0 aliphatic carbocycles. The Balaban J connectivity index is 1.71. The number of nitrogens with two attached hydrogens (primary N) is 1. The summed E-state index contributed by atoms with van der Waals surface area (Å²) >= 11 is 0. The van der Waals surface area contributed by atoms with Crippen LogP contribution in [0.1, 0.15) is 31.4 Å². The van der Waals surface area contributed by atoms with Gasteiger partial charge in [-0.15, -0.1) is 0 Å². The zero-order valence-electron chi connectivity index (χ0n) is 20.4. The molecule has 0 unspecified atom stereocenters. The van der Waals surface area contributed by atoms with Crippen molar-refractivity contribution in [3.63, 3.8) is 0 Å². The van der Waals surface area contributed by atoms with Crippen LogP contribution in [0.25, 0.3) is 0 Å². The third-order valence-electron chi connectivity index (χ3n) is 5.38. The van der Waals surface area contributed by atoms with E-state index in [1.165, 1.54) is 18.2 Å². The van der Waals surface area contributed by atoms with Crippen LogP contribution in [0.15, 0.2) is 84.9 Å². The number of amides is 2. The van der Waals surface area contributed by atoms with E-state index in [1.54, 1.807) is 61.5 Å². The number of hydrogen-bond acceptors (Lipinski definition) is 6. The number of para-hydroxylation sites is 3. The van der Waals surface area contributed by atoms with E-state index in [9.17, 15) is 19.1 Å². The highest BCUT2D eigenvalue weighted by atomic mass is 19.1. The molecule has 8 nitrogen and oxygen atoms in total. The fraction of sp³-hybridized carbons (Fsp3) is 0.214. The first-order valence-electron chi connectivity index (χ1n) is 11.8. The first kappa shape index (κ1) is 27.2. The van der Waals surface area contributed by atoms with E-state index < -0.39 is 29.9 Å². The number of benzene rings is 3. The predicted octanol–water partition coefficient (Wildman–Crippen LogP) is 5.78. The second kappa shape index (κ2) is 13.6. The molecular weight excluding hydrogens is 477 g/mol. The minimum absolute atomic E-state index is 0.308. The summed E-state index contributed by atoms with van der Waals surface area (Å²) in [5.41, 5.74) is 7.66. The third-order valence-corrected chi connectivity index (χ3v) is 5.38. The smallest absolute Gasteiger partial charge is 0.412 e. The predicted molar refractivity (Wildman–Crippen MR) is 141 cm³/mol. The monoisotopic (exact) mass is 507 g/mol. The molecule has 2 atom stereocenters. The van der Waals surface area contributed by atoms with Crippen LogP contribution in [-0.4, -0.2) is 29.8 Å². The third kappa shape index (κ3) is 8.36. The molecule has 0 aliphatic heterocycles. The Hall–Kier alpha value is -4.37. The van der Waals surface area contributed by atoms with E-state index in [4.69, 9.17) is 15.2 Å². The number of phenolic OH excluding ortho intramolecular Hbond substituents is 1. The molecule has 0 aliphatic rings. The van der Waals surface area contributed by atoms with E-state index in [2.05, 4.69) is 10.6 Å². The second-order valence-corrected chi connectivity index (χ2v) is 8.08. The van der Waals surface area contributed by atoms with Crippen molar-refractivity contribution in [2.45, 2.75) is 32.0 Å². The van der Waals surface area contributed by atoms with Crippen molar-refractivity contribution in [3.05, 3.63) is 96.3 Å². The molecule has 0 spiro atoms. The standard InChI is InChI=1S/C28H30FN3O5/c1-2-36-25(14-8-9-15-26(34)32-23-13-7-6-12-22(23)30)27(19-16-17-24(33)21(29)18-19)37-28(35)31-20-10-4-3-5-11-20/h3-7,9-13,15-18,25,27,33H,2,8,14,30H2,1H3,(H,31,35)(H,32,34)/b15-9+/t25-,27-/m0/s1. The molecular formula is C28H30FN3O5. The number of nitrogens with one attached hydrogen (secondary N) is 2. The highest BCUT2D eigenvalue weighted by Gasteiger charge is 2.28. The molecule has 9 heteroatoms. The average molecular weight is 508 g/mol. The molecule has 5 N–H and O–H groups in total. The first-order chi connectivity index (χ1) is 17.9. The number of halogens is 1. The van der Waals surface area contributed by atoms with Gasteiger partial charge < -0.3 is 25.6 Å². The summed E-state index contributed by atoms with van der Waals surface area (Å²) in [5.74, 6) is -1.71. The van der Waals surface area contributed by atoms with Gasteiger partial charge in [0.25, 0.3) is 0 Å². The number of anilines is 3. The van der Waals surface area contributed by atoms with Gasteiger partial charge >= 0.3 is 6.09 Å². The number of carbonyl (C=O) groups excluding carboxylic acids is 2. The first-order valence-corrected chi connectivity index (χ1v) is 11.8. The maximum Gasteiger partial charge on any atom is 0.412 e. The van der Waals surface area contributed by atoms with E-state index in [1.807, 2.05) is 6.07 Å². The zero-order valence-corrected chi connectivity index (χ0v) is 20.4. The molecule has 2 amide bonds. The van der Waals surface area contributed by atoms with Crippen molar-refractivity contribution < 1.29 is 28.6 Å². The van der Waals surface area contributed by atoms with Crippen LogP contribution in [0.3, 0.4) is 0 Å². The SMILES string of the molecule is CCO[C@@H](CC/C=C/C(=O)Nc1ccccc1N)[C@@H](OC(=O)Nc1ccccc1)c1ccc(O)c(F)c1. The minimum Gasteiger partial charge on any atom is -0.505 e. The molecule has 0 fully saturated rings. The lowest BCUT2D eigenvalue weighted by Crippen LogP contribution is -2.29. The van der Waals surface area contributed by atoms with Gasteiger partial charge in [0, 0.05) is 12.3 Å². The van der Waals surface area contributed by atoms with Crippen molar-refractivity contribution in [2.24, 2.45) is 0 Å². The van der Waals surface area contributed by atoms with E-state index in [0.717, 1.165) is 6.07 Å². The molecule has 3 aromatic carbocycles. The lowest BCUT2D eigenvalue weighted by atomic mass is 9.99. The van der Waals surface area contributed by atoms with Crippen LogP contribution in [0.4, 0.5) is 26.2 Å². The van der Waals surface area contributed by atoms with Crippen LogP contribution in [-0.2, 0) is 14.3 Å². The lowest BCUT2D eigenvalue weighted by Gasteiger charge is -2.27. The number of allylic oxidation sites excluding steroid dienone is 1. The van der Waals surface area contributed by atoms with Gasteiger partial charge in [0.15, 0.2) is 17.7 Å². The minimum atomic E-state index is -0.981. The Morgan fingerprint density at radius 2 is 1.78 bits per heavy atom. The summed E-state index contributed by atoms with van der Waals surface area (Å²) in [7, 11) is 0. The Bertz CT molecular complexity index is 1220. The van der Waals surface area contributed by atoms with E-state index in [0.29, 0.717) is 42.1 Å². The molecule has 0 heterocycles. The summed E-state index contributed by atoms with van der Waals surface area (Å²) < 4.78 is 25.7. The van der Waals surface area contributed by atoms with Crippen molar-refractivity contribution in [1.82, 2.24) is 0 Å². The Labute approximate surface area is 214 Å². The van der Waals surface area contributed by atoms with E-state index >= 15 is 0 Å². The van der Waals surface area contributed by atoms with Gasteiger partial charge in [0.05, 0.1) is 17.5 Å². The molecule has 0 saturated heterocycles. The maximum atomic E-state index is 14.2. The van der Waals surface area contributed by atoms with Crippen LogP contribution in [0.5, 0.6) is 5.75 Å². The van der Waals surface area contributed by atoms with Gasteiger partial charge in [-0.1, -0.05) is 42.5 Å². The fourth-order valence-corrected chi connectivity index (χ4v) is 3.62. The second-order valence-electron chi connectivity index (χ2n) is 8.08. The maximum absolute atomic E-state index is 14.2. The average Bonchev–Trinajstić information content (AvgIpc) is 2.88. The van der Waals surface area contributed by atoms with Gasteiger partial charge in [0.1, 0.15) is 0 Å². The summed E-state index contributed by atoms with van der Waals surface area (Å²) in [6, 6.07) is 19.4. The quantitative estimate of drug-likeness (QED) is 0.193. The Morgan fingerprint density at radius 3 is 2.49 bits per heavy atom. The van der Waals surface area contributed by atoms with E-state index in [-0.39, 0.29) is 5.91 Å². The molecule has 194 valence electrons. The highest BCUT2D eigenvalue weighted by molar-refractivity contribution is 6.01. The molecule has 0 saturated carbocycles. The van der Waals surface area contributed by atoms with Gasteiger partial charge in [-0.05, 0) is 67.8 Å². The number of hydrogen-bond donors (Lipinski definition) is 4. The summed E-state index contributed by atoms with van der Waals surface area (Å²) in [6.07, 6.45) is 1.43. The Morgan fingerprint density at radius 1 is 1.05 bits per heavy atom. The van der Waals surface area contributed by atoms with Crippen LogP contribution in [0, 0.1) is 5.82 Å².